The molecule has 0 aliphatic carbocycles. The first-order valence-electron chi connectivity index (χ1n) is 10.5. The maximum Gasteiger partial charge on any atom is 0.247 e. The summed E-state index contributed by atoms with van der Waals surface area (Å²) < 4.78 is 2.21. The van der Waals surface area contributed by atoms with Gasteiger partial charge in [-0.3, -0.25) is 4.79 Å². The highest BCUT2D eigenvalue weighted by Crippen LogP contribution is 2.14. The largest absolute Gasteiger partial charge is 0.345 e. The summed E-state index contributed by atoms with van der Waals surface area (Å²) in [5.74, 6) is 0.000155. The molecule has 154 valence electrons. The lowest BCUT2D eigenvalue weighted by Crippen LogP contribution is -2.29. The van der Waals surface area contributed by atoms with Gasteiger partial charge in [0, 0.05) is 31.1 Å². The van der Waals surface area contributed by atoms with Gasteiger partial charge in [-0.15, -0.1) is 0 Å². The maximum atomic E-state index is 13.1. The lowest BCUT2D eigenvalue weighted by Gasteiger charge is -2.23. The molecule has 31 heavy (non-hydrogen) atoms. The lowest BCUT2D eigenvalue weighted by molar-refractivity contribution is -0.127. The van der Waals surface area contributed by atoms with Gasteiger partial charge < -0.3 is 9.47 Å². The summed E-state index contributed by atoms with van der Waals surface area (Å²) in [7, 11) is 0. The van der Waals surface area contributed by atoms with Crippen LogP contribution in [0.2, 0.25) is 0 Å². The van der Waals surface area contributed by atoms with Crippen molar-refractivity contribution in [3.63, 3.8) is 0 Å². The number of nitrogens with zero attached hydrogens (tertiary/aromatic N) is 2. The Kier molecular flexibility index (Phi) is 6.76. The zero-order valence-corrected chi connectivity index (χ0v) is 17.5. The van der Waals surface area contributed by atoms with Crippen molar-refractivity contribution in [3.8, 4) is 0 Å². The van der Waals surface area contributed by atoms with Gasteiger partial charge in [0.25, 0.3) is 0 Å². The SMILES string of the molecule is O=C(C=Cc1ccccc1)N(Cc1ccccc1)Cc1cccn1Cc1ccccc1. The molecule has 1 amide bonds. The second-order valence-electron chi connectivity index (χ2n) is 7.54. The average Bonchev–Trinajstić information content (AvgIpc) is 3.25. The zero-order chi connectivity index (χ0) is 21.3. The second-order valence-corrected chi connectivity index (χ2v) is 7.54. The van der Waals surface area contributed by atoms with E-state index in [4.69, 9.17) is 0 Å². The summed E-state index contributed by atoms with van der Waals surface area (Å²) in [5.41, 5.74) is 4.49. The van der Waals surface area contributed by atoms with E-state index < -0.39 is 0 Å². The van der Waals surface area contributed by atoms with Gasteiger partial charge in [-0.2, -0.15) is 0 Å². The van der Waals surface area contributed by atoms with Gasteiger partial charge in [0.05, 0.1) is 6.54 Å². The molecule has 3 heteroatoms. The van der Waals surface area contributed by atoms with Crippen LogP contribution in [0, 0.1) is 0 Å². The Morgan fingerprint density at radius 2 is 1.32 bits per heavy atom. The Morgan fingerprint density at radius 3 is 2.00 bits per heavy atom. The van der Waals surface area contributed by atoms with Crippen LogP contribution in [0.25, 0.3) is 6.08 Å². The fraction of sp³-hybridized carbons (Fsp3) is 0.107. The van der Waals surface area contributed by atoms with Crippen LogP contribution in [0.5, 0.6) is 0 Å². The minimum atomic E-state index is 0.000155. The third-order valence-electron chi connectivity index (χ3n) is 5.22. The standard InChI is InChI=1S/C28H26N2O/c31-28(19-18-24-11-4-1-5-12-24)30(22-26-15-8-3-9-16-26)23-27-17-10-20-29(27)21-25-13-6-2-7-14-25/h1-20H,21-23H2. The maximum absolute atomic E-state index is 13.1. The van der Waals surface area contributed by atoms with E-state index in [0.717, 1.165) is 23.4 Å². The van der Waals surface area contributed by atoms with Crippen LogP contribution in [-0.2, 0) is 24.4 Å². The van der Waals surface area contributed by atoms with E-state index in [1.54, 1.807) is 6.08 Å². The molecule has 1 heterocycles. The molecule has 0 aliphatic rings. The van der Waals surface area contributed by atoms with Crippen molar-refractivity contribution < 1.29 is 4.79 Å². The Bertz CT molecular complexity index is 1120. The van der Waals surface area contributed by atoms with Gasteiger partial charge in [-0.1, -0.05) is 91.0 Å². The molecule has 0 spiro atoms. The van der Waals surface area contributed by atoms with E-state index in [2.05, 4.69) is 53.2 Å². The summed E-state index contributed by atoms with van der Waals surface area (Å²) in [4.78, 5) is 15.0. The molecule has 0 unspecified atom stereocenters. The molecule has 0 fully saturated rings. The monoisotopic (exact) mass is 406 g/mol. The first-order chi connectivity index (χ1) is 15.3. The van der Waals surface area contributed by atoms with Crippen molar-refractivity contribution in [2.75, 3.05) is 0 Å². The summed E-state index contributed by atoms with van der Waals surface area (Å²) in [6.45, 7) is 1.90. The van der Waals surface area contributed by atoms with Crippen molar-refractivity contribution in [2.45, 2.75) is 19.6 Å². The number of rotatable bonds is 8. The molecular weight excluding hydrogens is 380 g/mol. The smallest absolute Gasteiger partial charge is 0.247 e. The molecule has 0 saturated carbocycles. The topological polar surface area (TPSA) is 25.2 Å². The summed E-state index contributed by atoms with van der Waals surface area (Å²) in [6, 6.07) is 34.6. The van der Waals surface area contributed by atoms with Crippen LogP contribution < -0.4 is 0 Å². The number of carbonyl (C=O) groups excluding carboxylic acids is 1. The molecule has 0 atom stereocenters. The van der Waals surface area contributed by atoms with Crippen molar-refractivity contribution >= 4 is 12.0 Å². The number of carbonyl (C=O) groups is 1. The molecule has 4 aromatic rings. The van der Waals surface area contributed by atoms with Crippen molar-refractivity contribution in [3.05, 3.63) is 138 Å². The second kappa shape index (κ2) is 10.3. The highest BCUT2D eigenvalue weighted by Gasteiger charge is 2.14. The Morgan fingerprint density at radius 1 is 0.710 bits per heavy atom. The fourth-order valence-corrected chi connectivity index (χ4v) is 3.58. The van der Waals surface area contributed by atoms with Crippen LogP contribution in [0.1, 0.15) is 22.4 Å². The van der Waals surface area contributed by atoms with Crippen molar-refractivity contribution in [2.24, 2.45) is 0 Å². The van der Waals surface area contributed by atoms with Gasteiger partial charge in [-0.05, 0) is 34.9 Å². The fourth-order valence-electron chi connectivity index (χ4n) is 3.58. The van der Waals surface area contributed by atoms with Gasteiger partial charge in [0.1, 0.15) is 0 Å². The van der Waals surface area contributed by atoms with E-state index in [0.29, 0.717) is 13.1 Å². The van der Waals surface area contributed by atoms with Crippen molar-refractivity contribution in [1.29, 1.82) is 0 Å². The minimum absolute atomic E-state index is 0.000155. The predicted molar refractivity (Wildman–Crippen MR) is 126 cm³/mol. The van der Waals surface area contributed by atoms with Crippen molar-refractivity contribution in [1.82, 2.24) is 9.47 Å². The van der Waals surface area contributed by atoms with E-state index in [1.807, 2.05) is 71.6 Å². The third-order valence-corrected chi connectivity index (χ3v) is 5.22. The van der Waals surface area contributed by atoms with Crippen LogP contribution in [-0.4, -0.2) is 15.4 Å². The molecule has 0 N–H and O–H groups in total. The predicted octanol–water partition coefficient (Wildman–Crippen LogP) is 5.78. The molecule has 0 saturated heterocycles. The molecule has 0 aliphatic heterocycles. The minimum Gasteiger partial charge on any atom is -0.345 e. The molecule has 4 rings (SSSR count). The molecule has 3 aromatic carbocycles. The molecule has 0 bridgehead atoms. The highest BCUT2D eigenvalue weighted by molar-refractivity contribution is 5.91. The highest BCUT2D eigenvalue weighted by atomic mass is 16.2. The first-order valence-corrected chi connectivity index (χ1v) is 10.5. The molecule has 3 nitrogen and oxygen atoms in total. The van der Waals surface area contributed by atoms with Gasteiger partial charge in [0.2, 0.25) is 5.91 Å². The summed E-state index contributed by atoms with van der Waals surface area (Å²) in [6.07, 6.45) is 5.62. The summed E-state index contributed by atoms with van der Waals surface area (Å²) in [5, 5.41) is 0. The molecular formula is C28H26N2O. The summed E-state index contributed by atoms with van der Waals surface area (Å²) >= 11 is 0. The molecule has 0 radical (unpaired) electrons. The number of hydrogen-bond acceptors (Lipinski definition) is 1. The van der Waals surface area contributed by atoms with E-state index >= 15 is 0 Å². The average molecular weight is 407 g/mol. The zero-order valence-electron chi connectivity index (χ0n) is 17.5. The van der Waals surface area contributed by atoms with Crippen LogP contribution in [0.15, 0.2) is 115 Å². The normalized spacial score (nSPS) is 11.0. The Labute approximate surface area is 183 Å². The third kappa shape index (κ3) is 5.83. The Balaban J connectivity index is 1.54. The number of aromatic nitrogens is 1. The van der Waals surface area contributed by atoms with E-state index in [9.17, 15) is 4.79 Å². The lowest BCUT2D eigenvalue weighted by atomic mass is 10.2. The number of benzene rings is 3. The van der Waals surface area contributed by atoms with E-state index in [1.165, 1.54) is 5.56 Å². The van der Waals surface area contributed by atoms with Crippen LogP contribution in [0.3, 0.4) is 0 Å². The quantitative estimate of drug-likeness (QED) is 0.341. The van der Waals surface area contributed by atoms with E-state index in [-0.39, 0.29) is 5.91 Å². The number of hydrogen-bond donors (Lipinski definition) is 0. The van der Waals surface area contributed by atoms with Gasteiger partial charge in [-0.25, -0.2) is 0 Å². The number of amides is 1. The van der Waals surface area contributed by atoms with Crippen LogP contribution in [0.4, 0.5) is 0 Å². The first kappa shape index (κ1) is 20.4. The van der Waals surface area contributed by atoms with Gasteiger partial charge >= 0.3 is 0 Å². The Hall–Kier alpha value is -3.85. The van der Waals surface area contributed by atoms with Gasteiger partial charge in [0.15, 0.2) is 0 Å². The molecule has 1 aromatic heterocycles. The van der Waals surface area contributed by atoms with Crippen LogP contribution >= 0.6 is 0 Å².